The van der Waals surface area contributed by atoms with Crippen LogP contribution in [0.5, 0.6) is 0 Å². The summed E-state index contributed by atoms with van der Waals surface area (Å²) in [4.78, 5) is 2.39. The Morgan fingerprint density at radius 3 is 1.45 bits per heavy atom. The molecule has 4 aromatic carbocycles. The Morgan fingerprint density at radius 2 is 1.00 bits per heavy atom. The van der Waals surface area contributed by atoms with Crippen molar-refractivity contribution in [1.29, 1.82) is 0 Å². The van der Waals surface area contributed by atoms with Crippen LogP contribution in [0.2, 0.25) is 0 Å². The molecule has 0 aromatic heterocycles. The summed E-state index contributed by atoms with van der Waals surface area (Å²) in [6.45, 7) is 3.99. The number of likely N-dealkylation sites (N-methyl/N-ethyl adjacent to an activating group) is 1. The normalized spacial score (nSPS) is 11.6. The molecule has 0 fully saturated rings. The van der Waals surface area contributed by atoms with E-state index in [2.05, 4.69) is 139 Å². The molecule has 0 aliphatic heterocycles. The molecule has 0 saturated heterocycles. The average Bonchev–Trinajstić information content (AvgIpc) is 2.88. The SMILES string of the molecule is CN(CCNCC[P+](c1ccccc1)(c1ccccc1)c1ccccc1)Cc1ccccc1. The highest BCUT2D eigenvalue weighted by atomic mass is 31.2. The van der Waals surface area contributed by atoms with Crippen molar-refractivity contribution in [2.24, 2.45) is 0 Å². The first kappa shape index (κ1) is 23.4. The van der Waals surface area contributed by atoms with Crippen molar-refractivity contribution in [3.8, 4) is 0 Å². The van der Waals surface area contributed by atoms with Gasteiger partial charge in [-0.05, 0) is 49.0 Å². The predicted molar refractivity (Wildman–Crippen MR) is 146 cm³/mol. The minimum atomic E-state index is -1.75. The number of benzene rings is 4. The van der Waals surface area contributed by atoms with Crippen LogP contribution >= 0.6 is 7.26 Å². The zero-order valence-electron chi connectivity index (χ0n) is 19.5. The summed E-state index contributed by atoms with van der Waals surface area (Å²) in [6.07, 6.45) is 1.10. The Kier molecular flexibility index (Phi) is 8.44. The molecule has 3 heteroatoms. The van der Waals surface area contributed by atoms with E-state index >= 15 is 0 Å². The molecule has 0 atom stereocenters. The molecule has 0 radical (unpaired) electrons. The summed E-state index contributed by atoms with van der Waals surface area (Å²) in [6, 6.07) is 44.1. The van der Waals surface area contributed by atoms with Gasteiger partial charge in [0.2, 0.25) is 0 Å². The molecule has 2 nitrogen and oxygen atoms in total. The maximum atomic E-state index is 3.75. The highest BCUT2D eigenvalue weighted by Gasteiger charge is 2.44. The van der Waals surface area contributed by atoms with E-state index in [1.165, 1.54) is 21.5 Å². The van der Waals surface area contributed by atoms with Crippen LogP contribution in [0.25, 0.3) is 0 Å². The van der Waals surface area contributed by atoms with E-state index in [9.17, 15) is 0 Å². The summed E-state index contributed by atoms with van der Waals surface area (Å²) >= 11 is 0. The van der Waals surface area contributed by atoms with Crippen LogP contribution in [-0.2, 0) is 6.54 Å². The standard InChI is InChI=1S/C30H34N2P/c1-32(26-27-14-6-2-7-15-27)24-22-31-23-25-33(28-16-8-3-9-17-28,29-18-10-4-11-19-29)30-20-12-5-13-21-30/h2-21,31H,22-26H2,1H3/q+1. The second kappa shape index (κ2) is 11.9. The first-order chi connectivity index (χ1) is 16.3. The van der Waals surface area contributed by atoms with Gasteiger partial charge in [0.25, 0.3) is 0 Å². The van der Waals surface area contributed by atoms with Crippen LogP contribution in [0, 0.1) is 0 Å². The lowest BCUT2D eigenvalue weighted by Gasteiger charge is -2.28. The van der Waals surface area contributed by atoms with Crippen LogP contribution in [0.1, 0.15) is 5.56 Å². The fourth-order valence-corrected chi connectivity index (χ4v) is 8.70. The molecule has 4 aromatic rings. The third-order valence-corrected chi connectivity index (χ3v) is 10.6. The Labute approximate surface area is 199 Å². The second-order valence-electron chi connectivity index (χ2n) is 8.51. The lowest BCUT2D eigenvalue weighted by molar-refractivity contribution is 0.326. The monoisotopic (exact) mass is 453 g/mol. The molecule has 0 aliphatic rings. The van der Waals surface area contributed by atoms with Crippen LogP contribution in [0.4, 0.5) is 0 Å². The fraction of sp³-hybridized carbons (Fsp3) is 0.200. The van der Waals surface area contributed by atoms with Gasteiger partial charge in [-0.3, -0.25) is 0 Å². The van der Waals surface area contributed by atoms with Gasteiger partial charge in [0.1, 0.15) is 23.2 Å². The Morgan fingerprint density at radius 1 is 0.576 bits per heavy atom. The molecule has 0 amide bonds. The topological polar surface area (TPSA) is 15.3 Å². The number of nitrogens with zero attached hydrogens (tertiary/aromatic N) is 1. The number of hydrogen-bond donors (Lipinski definition) is 1. The third-order valence-electron chi connectivity index (χ3n) is 6.18. The molecular weight excluding hydrogens is 419 g/mol. The largest absolute Gasteiger partial charge is 0.312 e. The summed E-state index contributed by atoms with van der Waals surface area (Å²) in [5.41, 5.74) is 1.36. The van der Waals surface area contributed by atoms with E-state index in [-0.39, 0.29) is 0 Å². The van der Waals surface area contributed by atoms with Gasteiger partial charge in [-0.1, -0.05) is 84.9 Å². The van der Waals surface area contributed by atoms with Crippen molar-refractivity contribution >= 4 is 23.2 Å². The van der Waals surface area contributed by atoms with Gasteiger partial charge in [0, 0.05) is 26.2 Å². The van der Waals surface area contributed by atoms with Gasteiger partial charge in [0.05, 0.1) is 6.16 Å². The summed E-state index contributed by atoms with van der Waals surface area (Å²) in [7, 11) is 0.450. The lowest BCUT2D eigenvalue weighted by atomic mass is 10.2. The predicted octanol–water partition coefficient (Wildman–Crippen LogP) is 4.70. The molecule has 168 valence electrons. The van der Waals surface area contributed by atoms with E-state index in [1.807, 2.05) is 0 Å². The van der Waals surface area contributed by atoms with Gasteiger partial charge in [-0.2, -0.15) is 0 Å². The highest BCUT2D eigenvalue weighted by molar-refractivity contribution is 7.95. The summed E-state index contributed by atoms with van der Waals surface area (Å²) < 4.78 is 0. The van der Waals surface area contributed by atoms with Gasteiger partial charge < -0.3 is 10.2 Å². The first-order valence-electron chi connectivity index (χ1n) is 11.8. The maximum absolute atomic E-state index is 3.75. The van der Waals surface area contributed by atoms with Crippen LogP contribution in [0.15, 0.2) is 121 Å². The van der Waals surface area contributed by atoms with Crippen molar-refractivity contribution in [2.75, 3.05) is 32.8 Å². The van der Waals surface area contributed by atoms with Crippen molar-refractivity contribution in [1.82, 2.24) is 10.2 Å². The zero-order chi connectivity index (χ0) is 22.8. The van der Waals surface area contributed by atoms with Gasteiger partial charge in [0.15, 0.2) is 0 Å². The molecular formula is C30H34N2P+. The second-order valence-corrected chi connectivity index (χ2v) is 12.1. The van der Waals surface area contributed by atoms with Crippen molar-refractivity contribution in [2.45, 2.75) is 6.54 Å². The van der Waals surface area contributed by atoms with E-state index in [4.69, 9.17) is 0 Å². The van der Waals surface area contributed by atoms with E-state index in [0.717, 1.165) is 32.3 Å². The smallest absolute Gasteiger partial charge is 0.113 e. The first-order valence-corrected chi connectivity index (χ1v) is 13.7. The lowest BCUT2D eigenvalue weighted by Crippen LogP contribution is -2.38. The third kappa shape index (κ3) is 5.97. The maximum Gasteiger partial charge on any atom is 0.113 e. The molecule has 0 spiro atoms. The van der Waals surface area contributed by atoms with Gasteiger partial charge in [-0.25, -0.2) is 0 Å². The number of nitrogens with one attached hydrogen (secondary N) is 1. The molecule has 0 bridgehead atoms. The van der Waals surface area contributed by atoms with E-state index in [1.54, 1.807) is 0 Å². The molecule has 0 heterocycles. The van der Waals surface area contributed by atoms with Crippen molar-refractivity contribution < 1.29 is 0 Å². The molecule has 33 heavy (non-hydrogen) atoms. The minimum Gasteiger partial charge on any atom is -0.312 e. The van der Waals surface area contributed by atoms with Crippen molar-refractivity contribution in [3.63, 3.8) is 0 Å². The quantitative estimate of drug-likeness (QED) is 0.262. The van der Waals surface area contributed by atoms with Gasteiger partial charge >= 0.3 is 0 Å². The summed E-state index contributed by atoms with van der Waals surface area (Å²) in [5, 5.41) is 8.10. The Balaban J connectivity index is 1.49. The van der Waals surface area contributed by atoms with Crippen LogP contribution < -0.4 is 21.2 Å². The summed E-state index contributed by atoms with van der Waals surface area (Å²) in [5.74, 6) is 0. The molecule has 4 rings (SSSR count). The molecule has 0 unspecified atom stereocenters. The van der Waals surface area contributed by atoms with Gasteiger partial charge in [-0.15, -0.1) is 0 Å². The number of hydrogen-bond acceptors (Lipinski definition) is 2. The molecule has 0 saturated carbocycles. The van der Waals surface area contributed by atoms with Crippen LogP contribution in [0.3, 0.4) is 0 Å². The molecule has 0 aliphatic carbocycles. The van der Waals surface area contributed by atoms with E-state index < -0.39 is 7.26 Å². The zero-order valence-corrected chi connectivity index (χ0v) is 20.4. The fourth-order valence-electron chi connectivity index (χ4n) is 4.50. The highest BCUT2D eigenvalue weighted by Crippen LogP contribution is 2.54. The minimum absolute atomic E-state index is 0.984. The number of rotatable bonds is 11. The van der Waals surface area contributed by atoms with Crippen LogP contribution in [-0.4, -0.2) is 37.7 Å². The van der Waals surface area contributed by atoms with E-state index in [0.29, 0.717) is 0 Å². The Bertz CT molecular complexity index is 973. The molecule has 1 N–H and O–H groups in total. The average molecular weight is 454 g/mol. The Hall–Kier alpha value is -2.77. The van der Waals surface area contributed by atoms with Crippen molar-refractivity contribution in [3.05, 3.63) is 127 Å².